The first kappa shape index (κ1) is 99.3. The number of hydrogen-bond acceptors (Lipinski definition) is 12. The van der Waals surface area contributed by atoms with E-state index in [1.54, 1.807) is 13.8 Å². The number of hydrogen-bond donors (Lipinski definition) is 6. The zero-order valence-electron chi connectivity index (χ0n) is 67.5. The number of nitrogens with zero attached hydrogens (tertiary/aromatic N) is 6. The fourth-order valence-electron chi connectivity index (χ4n) is 12.7. The van der Waals surface area contributed by atoms with E-state index >= 15 is 0 Å². The minimum absolute atomic E-state index is 0. The van der Waals surface area contributed by atoms with E-state index in [2.05, 4.69) is 61.5 Å². The molecular weight excluding hydrogens is 1960 g/mol. The summed E-state index contributed by atoms with van der Waals surface area (Å²) in [5.74, 6) is 0.452. The standard InChI is InChI=1S/3C22H15N2.C12H26O2.C11H24O2.C10H20O2.CH4.2Ir.Pt/c3*1-4-10-17(11-5-1)20-16-23-21(18-12-6-2-7-13-18)22(24-20)19-14-8-3-9-15-19;1-3-4-5-6-7-8-9-12(14)10-11(2)13;1-10(2,3)8(12)7-9(13)11(4,5)6;1-8(11)7-10(12)9-5-3-2-4-6-9;;;;/h3*1-12,14-16H;11-14H,3-10H2,1-2H3;8-9,12-13H,7H2,1-6H3;8-12H,2-7H2,1H3;1H4;;;/q3*-1;;;;;;;. The summed E-state index contributed by atoms with van der Waals surface area (Å²) in [6.07, 6.45) is 19.3. The van der Waals surface area contributed by atoms with Crippen LogP contribution in [0.5, 0.6) is 0 Å². The molecule has 1 aliphatic carbocycles. The van der Waals surface area contributed by atoms with Gasteiger partial charge in [-0.1, -0.05) is 296 Å². The molecule has 6 atom stereocenters. The molecule has 1 saturated carbocycles. The monoisotopic (exact) mass is 2080 g/mol. The van der Waals surface area contributed by atoms with Crippen molar-refractivity contribution in [2.24, 2.45) is 16.7 Å². The average Bonchev–Trinajstić information content (AvgIpc) is 0.807. The first-order valence-corrected chi connectivity index (χ1v) is 39.6. The molecule has 1 fully saturated rings. The molecule has 616 valence electrons. The van der Waals surface area contributed by atoms with Crippen LogP contribution < -0.4 is 0 Å². The third-order valence-electron chi connectivity index (χ3n) is 19.3. The third-order valence-corrected chi connectivity index (χ3v) is 19.3. The molecule has 12 aromatic rings. The summed E-state index contributed by atoms with van der Waals surface area (Å²) in [5.41, 5.74) is 16.7. The fraction of sp³-hybridized carbons (Fsp3) is 0.340. The Balaban J connectivity index is 0.000000296. The van der Waals surface area contributed by atoms with Gasteiger partial charge in [0.1, 0.15) is 0 Å². The Kier molecular flexibility index (Phi) is 46.1. The molecule has 0 amide bonds. The van der Waals surface area contributed by atoms with E-state index in [1.807, 2.05) is 279 Å². The number of unbranched alkanes of at least 4 members (excludes halogenated alkanes) is 5. The van der Waals surface area contributed by atoms with Crippen LogP contribution in [0, 0.1) is 34.9 Å². The summed E-state index contributed by atoms with van der Waals surface area (Å²) >= 11 is 0. The largest absolute Gasteiger partial charge is 0.393 e. The summed E-state index contributed by atoms with van der Waals surface area (Å²) in [5, 5.41) is 56.8. The van der Waals surface area contributed by atoms with Gasteiger partial charge in [-0.2, -0.15) is 0 Å². The van der Waals surface area contributed by atoms with E-state index < -0.39 is 12.2 Å². The van der Waals surface area contributed by atoms with Crippen molar-refractivity contribution in [3.63, 3.8) is 0 Å². The van der Waals surface area contributed by atoms with Crippen LogP contribution in [-0.4, -0.2) is 97.2 Å². The van der Waals surface area contributed by atoms with Crippen LogP contribution >= 0.6 is 0 Å². The van der Waals surface area contributed by atoms with E-state index in [9.17, 15) is 20.4 Å². The molecule has 13 rings (SSSR count). The van der Waals surface area contributed by atoms with Crippen LogP contribution in [-0.2, 0) is 61.3 Å². The van der Waals surface area contributed by atoms with Gasteiger partial charge in [-0.15, -0.1) is 108 Å². The Morgan fingerprint density at radius 2 is 0.643 bits per heavy atom. The molecule has 1 aliphatic rings. The zero-order chi connectivity index (χ0) is 79.2. The summed E-state index contributed by atoms with van der Waals surface area (Å²) < 4.78 is 0. The predicted octanol–water partition coefficient (Wildman–Crippen LogP) is 23.2. The molecule has 115 heavy (non-hydrogen) atoms. The van der Waals surface area contributed by atoms with Gasteiger partial charge in [0.25, 0.3) is 0 Å². The minimum atomic E-state index is -0.443. The summed E-state index contributed by atoms with van der Waals surface area (Å²) in [4.78, 5) is 28.8. The maximum absolute atomic E-state index is 9.76. The molecule has 9 aromatic carbocycles. The first-order valence-electron chi connectivity index (χ1n) is 39.6. The van der Waals surface area contributed by atoms with Crippen LogP contribution in [0.25, 0.3) is 101 Å². The van der Waals surface area contributed by atoms with Crippen LogP contribution in [0.4, 0.5) is 0 Å². The van der Waals surface area contributed by atoms with Gasteiger partial charge in [0.15, 0.2) is 0 Å². The van der Waals surface area contributed by atoms with Crippen molar-refractivity contribution in [2.75, 3.05) is 0 Å². The Morgan fingerprint density at radius 3 is 0.922 bits per heavy atom. The summed E-state index contributed by atoms with van der Waals surface area (Å²) in [6.45, 7) is 17.6. The minimum Gasteiger partial charge on any atom is -0.393 e. The van der Waals surface area contributed by atoms with E-state index in [1.165, 1.54) is 51.4 Å². The van der Waals surface area contributed by atoms with Gasteiger partial charge >= 0.3 is 0 Å². The molecule has 0 saturated heterocycles. The topological polar surface area (TPSA) is 199 Å². The molecule has 0 spiro atoms. The van der Waals surface area contributed by atoms with Crippen molar-refractivity contribution >= 4 is 0 Å². The number of benzene rings is 9. The van der Waals surface area contributed by atoms with E-state index in [-0.39, 0.29) is 104 Å². The van der Waals surface area contributed by atoms with Gasteiger partial charge in [0.05, 0.1) is 70.8 Å². The molecule has 3 heterocycles. The smallest absolute Gasteiger partial charge is 0.0873 e. The second-order valence-electron chi connectivity index (χ2n) is 30.7. The van der Waals surface area contributed by atoms with Gasteiger partial charge in [0, 0.05) is 120 Å². The molecule has 12 nitrogen and oxygen atoms in total. The zero-order valence-corrected chi connectivity index (χ0v) is 74.5. The van der Waals surface area contributed by atoms with Crippen molar-refractivity contribution in [1.29, 1.82) is 0 Å². The Morgan fingerprint density at radius 1 is 0.357 bits per heavy atom. The van der Waals surface area contributed by atoms with E-state index in [0.29, 0.717) is 25.2 Å². The summed E-state index contributed by atoms with van der Waals surface area (Å²) in [6, 6.07) is 94.2. The van der Waals surface area contributed by atoms with Gasteiger partial charge in [0.2, 0.25) is 0 Å². The Hall–Kier alpha value is -8.03. The molecule has 0 bridgehead atoms. The van der Waals surface area contributed by atoms with Crippen LogP contribution in [0.1, 0.15) is 166 Å². The van der Waals surface area contributed by atoms with Gasteiger partial charge in [-0.25, -0.2) is 0 Å². The van der Waals surface area contributed by atoms with Gasteiger partial charge in [-0.3, -0.25) is 15.0 Å². The maximum Gasteiger partial charge on any atom is 0.0873 e. The molecule has 3 aromatic heterocycles. The molecule has 6 unspecified atom stereocenters. The second-order valence-corrected chi connectivity index (χ2v) is 30.7. The average molecular weight is 2080 g/mol. The molecular formula is C100H119Ir2N6O6Pt-3. The van der Waals surface area contributed by atoms with Gasteiger partial charge in [-0.05, 0) is 79.4 Å². The van der Waals surface area contributed by atoms with Crippen LogP contribution in [0.2, 0.25) is 0 Å². The van der Waals surface area contributed by atoms with E-state index in [4.69, 9.17) is 40.1 Å². The van der Waals surface area contributed by atoms with Crippen LogP contribution in [0.15, 0.2) is 273 Å². The molecule has 2 radical (unpaired) electrons. The van der Waals surface area contributed by atoms with Crippen molar-refractivity contribution < 1.29 is 91.9 Å². The van der Waals surface area contributed by atoms with E-state index in [0.717, 1.165) is 127 Å². The van der Waals surface area contributed by atoms with Crippen molar-refractivity contribution in [2.45, 2.75) is 203 Å². The quantitative estimate of drug-likeness (QED) is 0.0262. The van der Waals surface area contributed by atoms with Crippen molar-refractivity contribution in [3.05, 3.63) is 292 Å². The normalized spacial score (nSPS) is 13.2. The van der Waals surface area contributed by atoms with Gasteiger partial charge < -0.3 is 45.6 Å². The third kappa shape index (κ3) is 34.2. The first-order chi connectivity index (χ1) is 53.7. The summed E-state index contributed by atoms with van der Waals surface area (Å²) in [7, 11) is 0. The molecule has 0 aliphatic heterocycles. The van der Waals surface area contributed by atoms with Crippen LogP contribution in [0.3, 0.4) is 0 Å². The number of aliphatic hydroxyl groups is 6. The molecule has 15 heteroatoms. The molecule has 6 N–H and O–H groups in total. The second kappa shape index (κ2) is 53.3. The fourth-order valence-corrected chi connectivity index (χ4v) is 12.7. The maximum atomic E-state index is 9.76. The van der Waals surface area contributed by atoms with Crippen molar-refractivity contribution in [3.8, 4) is 101 Å². The SMILES string of the molecule is C.CC(C)(C)C(O)CC(O)C(C)(C)C.CC(O)CC(O)C1CCCCC1.CCCCCCCCC(O)CC(C)O.[Ir].[Ir].[Pt].[c-]1ccccc1-c1ncc(-c2ccccc2)nc1-c1ccccc1.[c-]1ccccc1-c1ncc(-c2ccccc2)nc1-c1ccccc1.[c-]1ccccc1-c1ncc(-c2ccccc2)nc1-c1ccccc1. The Labute approximate surface area is 728 Å². The Bertz CT molecular complexity index is 4110. The van der Waals surface area contributed by atoms with Crippen molar-refractivity contribution in [1.82, 2.24) is 29.9 Å². The predicted molar refractivity (Wildman–Crippen MR) is 463 cm³/mol. The number of aromatic nitrogens is 6. The number of aliphatic hydroxyl groups excluding tert-OH is 6. The number of rotatable bonds is 23.